The van der Waals surface area contributed by atoms with Crippen LogP contribution in [-0.4, -0.2) is 29.0 Å². The van der Waals surface area contributed by atoms with Crippen molar-refractivity contribution in [2.24, 2.45) is 0 Å². The number of nitrogens with zero attached hydrogens (tertiary/aromatic N) is 3. The molecule has 5 nitrogen and oxygen atoms in total. The van der Waals surface area contributed by atoms with E-state index in [2.05, 4.69) is 6.92 Å². The molecule has 4 aromatic rings. The Hall–Kier alpha value is -2.74. The Kier molecular flexibility index (Phi) is 7.19. The van der Waals surface area contributed by atoms with Gasteiger partial charge in [0.05, 0.1) is 11.4 Å². The van der Waals surface area contributed by atoms with Gasteiger partial charge in [0.15, 0.2) is 0 Å². The molecular weight excluding hydrogens is 438 g/mol. The molecule has 0 aliphatic heterocycles. The van der Waals surface area contributed by atoms with Crippen LogP contribution in [0, 0.1) is 0 Å². The predicted molar refractivity (Wildman–Crippen MR) is 130 cm³/mol. The van der Waals surface area contributed by atoms with Crippen LogP contribution in [0.5, 0.6) is 0 Å². The summed E-state index contributed by atoms with van der Waals surface area (Å²) >= 11 is 1.50. The van der Waals surface area contributed by atoms with E-state index in [0.29, 0.717) is 25.3 Å². The van der Waals surface area contributed by atoms with Crippen molar-refractivity contribution in [3.63, 3.8) is 0 Å². The lowest BCUT2D eigenvalue weighted by molar-refractivity contribution is 0.398. The molecule has 0 radical (unpaired) electrons. The first kappa shape index (κ1) is 22.5. The minimum atomic E-state index is -3.74. The molecule has 2 aromatic heterocycles. The molecule has 166 valence electrons. The van der Waals surface area contributed by atoms with Gasteiger partial charge in [-0.1, -0.05) is 80.1 Å². The summed E-state index contributed by atoms with van der Waals surface area (Å²) in [5.41, 5.74) is 2.57. The highest BCUT2D eigenvalue weighted by Crippen LogP contribution is 2.32. The lowest BCUT2D eigenvalue weighted by atomic mass is 10.2. The third-order valence-corrected chi connectivity index (χ3v) is 7.97. The quantitative estimate of drug-likeness (QED) is 0.304. The lowest BCUT2D eigenvalue weighted by Gasteiger charge is -2.22. The molecule has 0 saturated carbocycles. The second-order valence-corrected chi connectivity index (χ2v) is 10.5. The molecule has 0 spiro atoms. The molecule has 4 rings (SSSR count). The van der Waals surface area contributed by atoms with E-state index >= 15 is 0 Å². The van der Waals surface area contributed by atoms with Crippen molar-refractivity contribution >= 4 is 21.4 Å². The van der Waals surface area contributed by atoms with E-state index in [1.54, 1.807) is 15.2 Å². The van der Waals surface area contributed by atoms with Crippen LogP contribution in [0.25, 0.3) is 10.6 Å². The highest BCUT2D eigenvalue weighted by Gasteiger charge is 2.30. The van der Waals surface area contributed by atoms with Crippen LogP contribution < -0.4 is 0 Å². The zero-order valence-electron chi connectivity index (χ0n) is 18.1. The summed E-state index contributed by atoms with van der Waals surface area (Å²) in [6, 6.07) is 23.5. The van der Waals surface area contributed by atoms with Gasteiger partial charge in [-0.15, -0.1) is 11.3 Å². The molecule has 0 N–H and O–H groups in total. The zero-order valence-corrected chi connectivity index (χ0v) is 19.7. The minimum absolute atomic E-state index is 0.267. The number of sulfonamides is 1. The van der Waals surface area contributed by atoms with Crippen LogP contribution >= 0.6 is 11.3 Å². The van der Waals surface area contributed by atoms with Crippen molar-refractivity contribution in [3.05, 3.63) is 95.5 Å². The summed E-state index contributed by atoms with van der Waals surface area (Å²) in [5.74, 6) is 0. The maximum atomic E-state index is 13.9. The third kappa shape index (κ3) is 5.18. The van der Waals surface area contributed by atoms with Crippen LogP contribution in [0.1, 0.15) is 30.9 Å². The van der Waals surface area contributed by atoms with Crippen LogP contribution in [0.4, 0.5) is 0 Å². The van der Waals surface area contributed by atoms with Gasteiger partial charge in [-0.05, 0) is 29.0 Å². The Bertz CT molecular complexity index is 1220. The number of unbranched alkanes of at least 4 members (excludes halogenated alkanes) is 1. The first-order valence-electron chi connectivity index (χ1n) is 10.8. The third-order valence-electron chi connectivity index (χ3n) is 5.25. The molecule has 0 fully saturated rings. The van der Waals surface area contributed by atoms with Gasteiger partial charge in [-0.25, -0.2) is 8.42 Å². The largest absolute Gasteiger partial charge is 0.266 e. The molecule has 0 aliphatic rings. The standard InChI is InChI=1S/C25H27N3O2S2/c1-2-3-16-28(19-22-13-8-5-9-14-22)32(29,30)24-20-27(18-21-11-6-4-7-12-21)26-25(24)23-15-10-17-31-23/h4-15,17,20H,2-3,16,18-19H2,1H3. The van der Waals surface area contributed by atoms with Gasteiger partial charge >= 0.3 is 0 Å². The molecule has 2 heterocycles. The summed E-state index contributed by atoms with van der Waals surface area (Å²) in [7, 11) is -3.74. The highest BCUT2D eigenvalue weighted by atomic mass is 32.2. The molecule has 0 saturated heterocycles. The number of aromatic nitrogens is 2. The number of rotatable bonds is 10. The van der Waals surface area contributed by atoms with Gasteiger partial charge in [0.2, 0.25) is 10.0 Å². The lowest BCUT2D eigenvalue weighted by Crippen LogP contribution is -2.31. The SMILES string of the molecule is CCCCN(Cc1ccccc1)S(=O)(=O)c1cn(Cc2ccccc2)nc1-c1cccs1. The molecule has 7 heteroatoms. The first-order valence-corrected chi connectivity index (χ1v) is 13.1. The van der Waals surface area contributed by atoms with Gasteiger partial charge in [0, 0.05) is 19.3 Å². The van der Waals surface area contributed by atoms with E-state index in [0.717, 1.165) is 28.8 Å². The van der Waals surface area contributed by atoms with Gasteiger partial charge in [0.25, 0.3) is 0 Å². The molecule has 32 heavy (non-hydrogen) atoms. The summed E-state index contributed by atoms with van der Waals surface area (Å²) in [6.45, 7) is 3.41. The second kappa shape index (κ2) is 10.3. The van der Waals surface area contributed by atoms with Crippen molar-refractivity contribution in [1.82, 2.24) is 14.1 Å². The maximum Gasteiger partial charge on any atom is 0.247 e. The molecule has 2 aromatic carbocycles. The average Bonchev–Trinajstić information content (AvgIpc) is 3.48. The molecule has 0 bridgehead atoms. The number of hydrogen-bond acceptors (Lipinski definition) is 4. The van der Waals surface area contributed by atoms with Crippen molar-refractivity contribution in [2.75, 3.05) is 6.54 Å². The maximum absolute atomic E-state index is 13.9. The Balaban J connectivity index is 1.74. The zero-order chi connectivity index (χ0) is 22.4. The van der Waals surface area contributed by atoms with Crippen LogP contribution in [0.2, 0.25) is 0 Å². The van der Waals surface area contributed by atoms with E-state index in [1.165, 1.54) is 11.3 Å². The van der Waals surface area contributed by atoms with Gasteiger partial charge < -0.3 is 0 Å². The Morgan fingerprint density at radius 1 is 0.938 bits per heavy atom. The fourth-order valence-electron chi connectivity index (χ4n) is 3.57. The van der Waals surface area contributed by atoms with Crippen LogP contribution in [0.15, 0.2) is 89.3 Å². The normalized spacial score (nSPS) is 11.8. The Morgan fingerprint density at radius 3 is 2.25 bits per heavy atom. The van der Waals surface area contributed by atoms with Gasteiger partial charge in [0.1, 0.15) is 10.6 Å². The summed E-state index contributed by atoms with van der Waals surface area (Å²) in [6.07, 6.45) is 3.41. The summed E-state index contributed by atoms with van der Waals surface area (Å²) in [5, 5.41) is 6.65. The minimum Gasteiger partial charge on any atom is -0.266 e. The van der Waals surface area contributed by atoms with E-state index < -0.39 is 10.0 Å². The fraction of sp³-hybridized carbons (Fsp3) is 0.240. The van der Waals surface area contributed by atoms with Crippen molar-refractivity contribution in [1.29, 1.82) is 0 Å². The number of thiophene rings is 1. The van der Waals surface area contributed by atoms with E-state index in [9.17, 15) is 8.42 Å². The highest BCUT2D eigenvalue weighted by molar-refractivity contribution is 7.89. The smallest absolute Gasteiger partial charge is 0.247 e. The predicted octanol–water partition coefficient (Wildman–Crippen LogP) is 5.65. The van der Waals surface area contributed by atoms with Crippen LogP contribution in [0.3, 0.4) is 0 Å². The van der Waals surface area contributed by atoms with E-state index in [-0.39, 0.29) is 4.90 Å². The number of hydrogen-bond donors (Lipinski definition) is 0. The Morgan fingerprint density at radius 2 is 1.62 bits per heavy atom. The number of benzene rings is 2. The molecule has 0 aliphatic carbocycles. The summed E-state index contributed by atoms with van der Waals surface area (Å²) < 4.78 is 31.1. The molecular formula is C25H27N3O2S2. The van der Waals surface area contributed by atoms with Crippen LogP contribution in [-0.2, 0) is 23.1 Å². The average molecular weight is 466 g/mol. The van der Waals surface area contributed by atoms with Crippen molar-refractivity contribution in [2.45, 2.75) is 37.8 Å². The van der Waals surface area contributed by atoms with Crippen molar-refractivity contribution in [3.8, 4) is 10.6 Å². The van der Waals surface area contributed by atoms with Gasteiger partial charge in [-0.3, -0.25) is 4.68 Å². The second-order valence-electron chi connectivity index (χ2n) is 7.68. The molecule has 0 amide bonds. The summed E-state index contributed by atoms with van der Waals surface area (Å²) in [4.78, 5) is 1.12. The van der Waals surface area contributed by atoms with E-state index in [1.807, 2.05) is 78.2 Å². The first-order chi connectivity index (χ1) is 15.6. The van der Waals surface area contributed by atoms with Crippen molar-refractivity contribution < 1.29 is 8.42 Å². The molecule has 0 atom stereocenters. The molecule has 0 unspecified atom stereocenters. The monoisotopic (exact) mass is 465 g/mol. The van der Waals surface area contributed by atoms with Gasteiger partial charge in [-0.2, -0.15) is 9.40 Å². The topological polar surface area (TPSA) is 55.2 Å². The fourth-order valence-corrected chi connectivity index (χ4v) is 5.98. The van der Waals surface area contributed by atoms with E-state index in [4.69, 9.17) is 5.10 Å². The Labute approximate surface area is 194 Å².